The largest absolute Gasteiger partial charge is 0.380 e. The maximum atomic E-state index is 12.1. The lowest BCUT2D eigenvalue weighted by molar-refractivity contribution is 0.305. The molecule has 0 aliphatic carbocycles. The van der Waals surface area contributed by atoms with Gasteiger partial charge in [-0.25, -0.2) is 0 Å². The number of hydrogen-bond acceptors (Lipinski definition) is 4. The number of anilines is 1. The molecule has 0 bridgehead atoms. The third-order valence-corrected chi connectivity index (χ3v) is 5.34. The first kappa shape index (κ1) is 14.3. The summed E-state index contributed by atoms with van der Waals surface area (Å²) in [4.78, 5) is 23.9. The van der Waals surface area contributed by atoms with Gasteiger partial charge < -0.3 is 5.32 Å². The summed E-state index contributed by atoms with van der Waals surface area (Å²) in [5, 5.41) is 9.11. The lowest BCUT2D eigenvalue weighted by atomic mass is 9.82. The maximum absolute atomic E-state index is 12.1. The van der Waals surface area contributed by atoms with E-state index in [1.807, 2.05) is 23.9 Å². The highest BCUT2D eigenvalue weighted by Gasteiger charge is 2.32. The van der Waals surface area contributed by atoms with Gasteiger partial charge in [0, 0.05) is 17.5 Å². The molecule has 3 rings (SSSR count). The van der Waals surface area contributed by atoms with Crippen LogP contribution in [0.3, 0.4) is 0 Å². The molecular formula is C15H19N3O2S. The minimum Gasteiger partial charge on any atom is -0.380 e. The molecule has 0 radical (unpaired) electrons. The lowest BCUT2D eigenvalue weighted by Gasteiger charge is -2.39. The van der Waals surface area contributed by atoms with Crippen molar-refractivity contribution in [3.05, 3.63) is 38.9 Å². The van der Waals surface area contributed by atoms with Crippen molar-refractivity contribution in [3.8, 4) is 0 Å². The Morgan fingerprint density at radius 1 is 1.24 bits per heavy atom. The number of aromatic nitrogens is 2. The second kappa shape index (κ2) is 5.26. The molecule has 1 atom stereocenters. The molecule has 21 heavy (non-hydrogen) atoms. The van der Waals surface area contributed by atoms with Crippen molar-refractivity contribution in [2.75, 3.05) is 16.8 Å². The molecule has 1 aliphatic rings. The van der Waals surface area contributed by atoms with E-state index in [9.17, 15) is 9.59 Å². The van der Waals surface area contributed by atoms with Crippen molar-refractivity contribution < 1.29 is 0 Å². The number of thioether (sulfide) groups is 1. The van der Waals surface area contributed by atoms with Gasteiger partial charge in [0.1, 0.15) is 0 Å². The predicted molar refractivity (Wildman–Crippen MR) is 88.3 cm³/mol. The van der Waals surface area contributed by atoms with Gasteiger partial charge >= 0.3 is 0 Å². The molecule has 1 aliphatic heterocycles. The van der Waals surface area contributed by atoms with Gasteiger partial charge in [-0.05, 0) is 29.7 Å². The summed E-state index contributed by atoms with van der Waals surface area (Å²) in [6.45, 7) is 4.49. The van der Waals surface area contributed by atoms with E-state index in [0.717, 1.165) is 17.9 Å². The number of benzene rings is 1. The highest BCUT2D eigenvalue weighted by molar-refractivity contribution is 7.99. The van der Waals surface area contributed by atoms with Gasteiger partial charge in [0.15, 0.2) is 0 Å². The highest BCUT2D eigenvalue weighted by Crippen LogP contribution is 2.36. The predicted octanol–water partition coefficient (Wildman–Crippen LogP) is 2.16. The molecule has 6 heteroatoms. The van der Waals surface area contributed by atoms with Crippen LogP contribution in [0.15, 0.2) is 27.8 Å². The van der Waals surface area contributed by atoms with Gasteiger partial charge in [-0.2, -0.15) is 11.8 Å². The van der Waals surface area contributed by atoms with Gasteiger partial charge in [0.2, 0.25) is 0 Å². The number of hydrogen-bond donors (Lipinski definition) is 3. The van der Waals surface area contributed by atoms with Gasteiger partial charge in [-0.1, -0.05) is 19.9 Å². The Kier molecular flexibility index (Phi) is 3.57. The summed E-state index contributed by atoms with van der Waals surface area (Å²) in [6.07, 6.45) is 1.14. The van der Waals surface area contributed by atoms with Gasteiger partial charge in [-0.15, -0.1) is 0 Å². The van der Waals surface area contributed by atoms with E-state index in [0.29, 0.717) is 10.8 Å². The Morgan fingerprint density at radius 2 is 2.00 bits per heavy atom. The van der Waals surface area contributed by atoms with Crippen LogP contribution in [0.4, 0.5) is 5.69 Å². The van der Waals surface area contributed by atoms with E-state index in [-0.39, 0.29) is 22.6 Å². The number of fused-ring (bicyclic) bond motifs is 1. The molecule has 1 unspecified atom stereocenters. The number of H-pyrrole nitrogens is 2. The summed E-state index contributed by atoms with van der Waals surface area (Å²) in [6, 6.07) is 5.63. The van der Waals surface area contributed by atoms with Gasteiger partial charge in [-0.3, -0.25) is 19.8 Å². The van der Waals surface area contributed by atoms with E-state index in [1.54, 1.807) is 6.07 Å². The molecule has 0 spiro atoms. The molecule has 1 fully saturated rings. The van der Waals surface area contributed by atoms with Crippen LogP contribution in [0, 0.1) is 5.41 Å². The summed E-state index contributed by atoms with van der Waals surface area (Å²) in [7, 11) is 0. The molecule has 0 saturated carbocycles. The molecule has 1 aromatic carbocycles. The SMILES string of the molecule is CC1(C)CCSCC1Nc1cccc2c(=O)[nH][nH]c(=O)c12. The Hall–Kier alpha value is -1.69. The second-order valence-corrected chi connectivity index (χ2v) is 7.30. The minimum atomic E-state index is -0.273. The Labute approximate surface area is 126 Å². The zero-order chi connectivity index (χ0) is 15.0. The third-order valence-electron chi connectivity index (χ3n) is 4.27. The fourth-order valence-electron chi connectivity index (χ4n) is 2.71. The van der Waals surface area contributed by atoms with Crippen LogP contribution in [0.1, 0.15) is 20.3 Å². The topological polar surface area (TPSA) is 77.8 Å². The van der Waals surface area contributed by atoms with E-state index in [1.165, 1.54) is 5.75 Å². The van der Waals surface area contributed by atoms with Crippen LogP contribution in [-0.2, 0) is 0 Å². The standard InChI is InChI=1S/C15H19N3O2S/c1-15(2)6-7-21-8-11(15)16-10-5-3-4-9-12(10)14(20)18-17-13(9)19/h3-5,11,16H,6-8H2,1-2H3,(H,17,19)(H,18,20). The molecule has 3 N–H and O–H groups in total. The smallest absolute Gasteiger partial charge is 0.272 e. The van der Waals surface area contributed by atoms with Crippen molar-refractivity contribution in [2.45, 2.75) is 26.3 Å². The zero-order valence-corrected chi connectivity index (χ0v) is 13.0. The molecule has 1 aromatic heterocycles. The Balaban J connectivity index is 2.07. The first-order chi connectivity index (χ1) is 9.99. The fraction of sp³-hybridized carbons (Fsp3) is 0.467. The molecule has 0 amide bonds. The summed E-state index contributed by atoms with van der Waals surface area (Å²) in [5.74, 6) is 2.17. The van der Waals surface area contributed by atoms with E-state index >= 15 is 0 Å². The zero-order valence-electron chi connectivity index (χ0n) is 12.2. The summed E-state index contributed by atoms with van der Waals surface area (Å²) >= 11 is 1.92. The van der Waals surface area contributed by atoms with Crippen molar-refractivity contribution in [3.63, 3.8) is 0 Å². The minimum absolute atomic E-state index is 0.168. The molecule has 5 nitrogen and oxygen atoms in total. The van der Waals surface area contributed by atoms with E-state index in [4.69, 9.17) is 0 Å². The van der Waals surface area contributed by atoms with E-state index < -0.39 is 0 Å². The van der Waals surface area contributed by atoms with Crippen LogP contribution in [0.25, 0.3) is 10.8 Å². The first-order valence-corrected chi connectivity index (χ1v) is 8.22. The number of nitrogens with one attached hydrogen (secondary N) is 3. The van der Waals surface area contributed by atoms with Crippen LogP contribution < -0.4 is 16.4 Å². The highest BCUT2D eigenvalue weighted by atomic mass is 32.2. The molecular weight excluding hydrogens is 286 g/mol. The summed E-state index contributed by atoms with van der Waals surface area (Å²) in [5.41, 5.74) is 0.362. The summed E-state index contributed by atoms with van der Waals surface area (Å²) < 4.78 is 0. The molecule has 112 valence electrons. The average Bonchev–Trinajstić information content (AvgIpc) is 2.45. The van der Waals surface area contributed by atoms with Crippen LogP contribution in [0.5, 0.6) is 0 Å². The fourth-order valence-corrected chi connectivity index (χ4v) is 4.32. The second-order valence-electron chi connectivity index (χ2n) is 6.15. The average molecular weight is 305 g/mol. The van der Waals surface area contributed by atoms with Crippen molar-refractivity contribution in [1.29, 1.82) is 0 Å². The Bertz CT molecular complexity index is 778. The van der Waals surface area contributed by atoms with Crippen molar-refractivity contribution in [2.24, 2.45) is 5.41 Å². The molecule has 2 heterocycles. The van der Waals surface area contributed by atoms with E-state index in [2.05, 4.69) is 29.4 Å². The molecule has 2 aromatic rings. The Morgan fingerprint density at radius 3 is 2.76 bits per heavy atom. The third kappa shape index (κ3) is 2.60. The number of rotatable bonds is 2. The van der Waals surface area contributed by atoms with Crippen LogP contribution in [-0.4, -0.2) is 27.7 Å². The monoisotopic (exact) mass is 305 g/mol. The van der Waals surface area contributed by atoms with Gasteiger partial charge in [0.25, 0.3) is 11.1 Å². The normalized spacial score (nSPS) is 21.3. The van der Waals surface area contributed by atoms with Crippen LogP contribution >= 0.6 is 11.8 Å². The lowest BCUT2D eigenvalue weighted by Crippen LogP contribution is -2.42. The number of aromatic amines is 2. The first-order valence-electron chi connectivity index (χ1n) is 7.07. The maximum Gasteiger partial charge on any atom is 0.272 e. The van der Waals surface area contributed by atoms with Crippen molar-refractivity contribution >= 4 is 28.2 Å². The van der Waals surface area contributed by atoms with Crippen LogP contribution in [0.2, 0.25) is 0 Å². The quantitative estimate of drug-likeness (QED) is 0.794. The van der Waals surface area contributed by atoms with Crippen molar-refractivity contribution in [1.82, 2.24) is 10.2 Å². The van der Waals surface area contributed by atoms with Gasteiger partial charge in [0.05, 0.1) is 10.8 Å². The molecule has 1 saturated heterocycles.